The molecule has 3 nitrogen and oxygen atoms in total. The van der Waals surface area contributed by atoms with Gasteiger partial charge in [0.2, 0.25) is 0 Å². The van der Waals surface area contributed by atoms with E-state index in [0.29, 0.717) is 19.6 Å². The third-order valence-corrected chi connectivity index (χ3v) is 3.45. The van der Waals surface area contributed by atoms with E-state index in [2.05, 4.69) is 4.74 Å². The second-order valence-electron chi connectivity index (χ2n) is 3.37. The molecule has 0 fully saturated rings. The third-order valence-electron chi connectivity index (χ3n) is 1.81. The fraction of sp³-hybridized carbons (Fsp3) is 0.300. The van der Waals surface area contributed by atoms with Crippen molar-refractivity contribution in [3.05, 3.63) is 24.8 Å². The Morgan fingerprint density at radius 2 is 1.88 bits per heavy atom. The Balaban J connectivity index is 2.74. The highest BCUT2D eigenvalue weighted by molar-refractivity contribution is 14.1. The number of halogens is 4. The van der Waals surface area contributed by atoms with Gasteiger partial charge in [-0.15, -0.1) is 0 Å². The lowest BCUT2D eigenvalue weighted by molar-refractivity contribution is -0.170. The van der Waals surface area contributed by atoms with Crippen LogP contribution in [-0.2, 0) is 16.1 Å². The number of ether oxygens (including phenoxy) is 1. The Labute approximate surface area is 124 Å². The molecule has 0 saturated carbocycles. The zero-order valence-electron chi connectivity index (χ0n) is 8.64. The molecule has 1 aromatic carbocycles. The van der Waals surface area contributed by atoms with E-state index in [9.17, 15) is 18.7 Å². The zero-order valence-corrected chi connectivity index (χ0v) is 13.0. The van der Waals surface area contributed by atoms with Crippen LogP contribution in [0.1, 0.15) is 12.5 Å². The Morgan fingerprint density at radius 3 is 2.29 bits per heavy atom. The van der Waals surface area contributed by atoms with Gasteiger partial charge in [-0.3, -0.25) is 0 Å². The van der Waals surface area contributed by atoms with Gasteiger partial charge in [-0.1, -0.05) is 0 Å². The van der Waals surface area contributed by atoms with Gasteiger partial charge in [-0.25, -0.2) is 4.79 Å². The number of alkyl halides is 2. The lowest BCUT2D eigenvalue weighted by Crippen LogP contribution is -2.26. The van der Waals surface area contributed by atoms with Gasteiger partial charge < -0.3 is 9.84 Å². The number of carbonyl (C=O) groups excluding carboxylic acids is 1. The van der Waals surface area contributed by atoms with Crippen LogP contribution in [0.2, 0.25) is 0 Å². The number of phenols is 1. The van der Waals surface area contributed by atoms with Crippen LogP contribution >= 0.6 is 45.2 Å². The van der Waals surface area contributed by atoms with Crippen LogP contribution in [-0.4, -0.2) is 17.0 Å². The summed E-state index contributed by atoms with van der Waals surface area (Å²) in [5, 5.41) is 9.49. The minimum atomic E-state index is -3.49. The molecule has 17 heavy (non-hydrogen) atoms. The maximum Gasteiger partial charge on any atom is 0.376 e. The quantitative estimate of drug-likeness (QED) is 0.548. The number of esters is 1. The van der Waals surface area contributed by atoms with Crippen LogP contribution in [0.3, 0.4) is 0 Å². The highest BCUT2D eigenvalue weighted by Gasteiger charge is 2.34. The molecule has 1 rings (SSSR count). The van der Waals surface area contributed by atoms with Crippen LogP contribution < -0.4 is 0 Å². The van der Waals surface area contributed by atoms with Crippen LogP contribution in [0.4, 0.5) is 8.78 Å². The molecule has 0 atom stereocenters. The van der Waals surface area contributed by atoms with Crippen molar-refractivity contribution in [2.24, 2.45) is 0 Å². The standard InChI is InChI=1S/C10H8F2I2O3/c1-10(11,12)9(16)17-4-5-2-6(13)8(15)7(14)3-5/h2-3,15H,4H2,1H3. The summed E-state index contributed by atoms with van der Waals surface area (Å²) in [4.78, 5) is 10.8. The molecule has 0 aliphatic carbocycles. The predicted octanol–water partition coefficient (Wildman–Crippen LogP) is 3.30. The molecule has 0 aliphatic rings. The highest BCUT2D eigenvalue weighted by Crippen LogP contribution is 2.27. The van der Waals surface area contributed by atoms with E-state index >= 15 is 0 Å². The molecule has 0 bridgehead atoms. The third kappa shape index (κ3) is 4.19. The van der Waals surface area contributed by atoms with Crippen molar-refractivity contribution in [2.75, 3.05) is 0 Å². The average molecular weight is 468 g/mol. The monoisotopic (exact) mass is 468 g/mol. The number of carbonyl (C=O) groups is 1. The van der Waals surface area contributed by atoms with Crippen molar-refractivity contribution in [1.82, 2.24) is 0 Å². The average Bonchev–Trinajstić information content (AvgIpc) is 2.20. The Bertz CT molecular complexity index is 421. The minimum Gasteiger partial charge on any atom is -0.506 e. The number of aromatic hydroxyl groups is 1. The van der Waals surface area contributed by atoms with Gasteiger partial charge in [0, 0.05) is 6.92 Å². The first-order valence-corrected chi connectivity index (χ1v) is 6.59. The van der Waals surface area contributed by atoms with Gasteiger partial charge in [0.1, 0.15) is 12.4 Å². The topological polar surface area (TPSA) is 46.5 Å². The van der Waals surface area contributed by atoms with Crippen LogP contribution in [0.5, 0.6) is 5.75 Å². The van der Waals surface area contributed by atoms with Gasteiger partial charge in [0.25, 0.3) is 0 Å². The van der Waals surface area contributed by atoms with E-state index in [1.807, 2.05) is 45.2 Å². The van der Waals surface area contributed by atoms with E-state index in [4.69, 9.17) is 0 Å². The summed E-state index contributed by atoms with van der Waals surface area (Å²) in [6, 6.07) is 3.14. The lowest BCUT2D eigenvalue weighted by Gasteiger charge is -2.11. The van der Waals surface area contributed by atoms with Crippen molar-refractivity contribution in [1.29, 1.82) is 0 Å². The van der Waals surface area contributed by atoms with Gasteiger partial charge >= 0.3 is 11.9 Å². The predicted molar refractivity (Wildman–Crippen MR) is 74.0 cm³/mol. The molecular formula is C10H8F2I2O3. The summed E-state index contributed by atoms with van der Waals surface area (Å²) in [6.45, 7) is 0.244. The maximum absolute atomic E-state index is 12.5. The van der Waals surface area contributed by atoms with Gasteiger partial charge in [-0.05, 0) is 62.9 Å². The maximum atomic E-state index is 12.5. The van der Waals surface area contributed by atoms with Crippen molar-refractivity contribution >= 4 is 51.2 Å². The molecule has 0 saturated heterocycles. The molecule has 94 valence electrons. The lowest BCUT2D eigenvalue weighted by atomic mass is 10.2. The molecule has 0 aromatic heterocycles. The van der Waals surface area contributed by atoms with E-state index in [1.165, 1.54) is 0 Å². The van der Waals surface area contributed by atoms with E-state index in [-0.39, 0.29) is 12.4 Å². The summed E-state index contributed by atoms with van der Waals surface area (Å²) >= 11 is 3.81. The smallest absolute Gasteiger partial charge is 0.376 e. The fourth-order valence-electron chi connectivity index (χ4n) is 0.977. The van der Waals surface area contributed by atoms with E-state index in [1.54, 1.807) is 12.1 Å². The van der Waals surface area contributed by atoms with Crippen molar-refractivity contribution in [3.8, 4) is 5.75 Å². The van der Waals surface area contributed by atoms with Crippen LogP contribution in [0.15, 0.2) is 12.1 Å². The summed E-state index contributed by atoms with van der Waals surface area (Å²) < 4.78 is 30.7. The van der Waals surface area contributed by atoms with E-state index < -0.39 is 11.9 Å². The number of phenolic OH excluding ortho intramolecular Hbond substituents is 1. The molecule has 0 unspecified atom stereocenters. The summed E-state index contributed by atoms with van der Waals surface area (Å²) in [6.07, 6.45) is 0. The first kappa shape index (κ1) is 14.9. The Morgan fingerprint density at radius 1 is 1.41 bits per heavy atom. The van der Waals surface area contributed by atoms with E-state index in [0.717, 1.165) is 0 Å². The summed E-state index contributed by atoms with van der Waals surface area (Å²) in [7, 11) is 0. The van der Waals surface area contributed by atoms with Crippen LogP contribution in [0, 0.1) is 7.14 Å². The minimum absolute atomic E-state index is 0.127. The number of hydrogen-bond acceptors (Lipinski definition) is 3. The highest BCUT2D eigenvalue weighted by atomic mass is 127. The second kappa shape index (κ2) is 5.63. The molecule has 0 heterocycles. The largest absolute Gasteiger partial charge is 0.506 e. The molecule has 1 N–H and O–H groups in total. The Hall–Kier alpha value is -0.190. The first-order chi connectivity index (χ1) is 7.71. The molecule has 7 heteroatoms. The molecule has 0 spiro atoms. The Kier molecular flexibility index (Phi) is 4.93. The number of benzene rings is 1. The van der Waals surface area contributed by atoms with Crippen molar-refractivity contribution < 1.29 is 23.4 Å². The molecule has 0 amide bonds. The second-order valence-corrected chi connectivity index (χ2v) is 5.70. The SMILES string of the molecule is CC(F)(F)C(=O)OCc1cc(I)c(O)c(I)c1. The van der Waals surface area contributed by atoms with Crippen molar-refractivity contribution in [2.45, 2.75) is 19.5 Å². The van der Waals surface area contributed by atoms with Crippen LogP contribution in [0.25, 0.3) is 0 Å². The van der Waals surface area contributed by atoms with Crippen molar-refractivity contribution in [3.63, 3.8) is 0 Å². The molecule has 0 aliphatic heterocycles. The molecule has 0 radical (unpaired) electrons. The zero-order chi connectivity index (χ0) is 13.2. The summed E-state index contributed by atoms with van der Waals surface area (Å²) in [5.41, 5.74) is 0.550. The summed E-state index contributed by atoms with van der Waals surface area (Å²) in [5.74, 6) is -4.92. The first-order valence-electron chi connectivity index (χ1n) is 4.43. The molecule has 1 aromatic rings. The number of hydrogen-bond donors (Lipinski definition) is 1. The van der Waals surface area contributed by atoms with Gasteiger partial charge in [0.05, 0.1) is 7.14 Å². The number of rotatable bonds is 3. The van der Waals surface area contributed by atoms with Gasteiger partial charge in [0.15, 0.2) is 0 Å². The van der Waals surface area contributed by atoms with Gasteiger partial charge in [-0.2, -0.15) is 8.78 Å². The molecular weight excluding hydrogens is 460 g/mol. The fourth-order valence-corrected chi connectivity index (χ4v) is 2.87. The normalized spacial score (nSPS) is 11.4.